The predicted octanol–water partition coefficient (Wildman–Crippen LogP) is 0.950. The smallest absolute Gasteiger partial charge is 0.315 e. The van der Waals surface area contributed by atoms with E-state index in [-0.39, 0.29) is 25.2 Å². The molecule has 1 aliphatic carbocycles. The third-order valence-corrected chi connectivity index (χ3v) is 4.14. The summed E-state index contributed by atoms with van der Waals surface area (Å²) >= 11 is 0. The van der Waals surface area contributed by atoms with Gasteiger partial charge in [-0.1, -0.05) is 6.42 Å². The lowest BCUT2D eigenvalue weighted by molar-refractivity contribution is -0.141. The van der Waals surface area contributed by atoms with Crippen molar-refractivity contribution in [2.45, 2.75) is 38.5 Å². The Morgan fingerprint density at radius 2 is 1.92 bits per heavy atom. The molecule has 0 saturated heterocycles. The molecule has 8 heteroatoms. The zero-order valence-electron chi connectivity index (χ0n) is 14.0. The number of carbonyl (C=O) groups is 3. The van der Waals surface area contributed by atoms with E-state index < -0.39 is 12.0 Å². The number of ether oxygens (including phenoxy) is 1. The number of carbonyl (C=O) groups excluding carboxylic acids is 4. The highest BCUT2D eigenvalue weighted by atomic mass is 16.5. The van der Waals surface area contributed by atoms with Crippen molar-refractivity contribution in [1.82, 2.24) is 10.6 Å². The molecule has 2 atom stereocenters. The molecule has 0 radical (unpaired) electrons. The first-order valence-electron chi connectivity index (χ1n) is 8.19. The SMILES string of the molecule is COC(=O)CCC(=O)CNC(=O)NCC1CCCC(CN=C=O)C1. The molecule has 0 spiro atoms. The first-order valence-corrected chi connectivity index (χ1v) is 8.19. The highest BCUT2D eigenvalue weighted by Crippen LogP contribution is 2.28. The van der Waals surface area contributed by atoms with Gasteiger partial charge in [-0.05, 0) is 31.1 Å². The summed E-state index contributed by atoms with van der Waals surface area (Å²) in [6.45, 7) is 0.925. The van der Waals surface area contributed by atoms with E-state index in [9.17, 15) is 19.2 Å². The molecular formula is C16H25N3O5. The highest BCUT2D eigenvalue weighted by Gasteiger charge is 2.22. The molecule has 1 rings (SSSR count). The monoisotopic (exact) mass is 339 g/mol. The van der Waals surface area contributed by atoms with Crippen LogP contribution in [-0.2, 0) is 19.1 Å². The molecule has 0 bridgehead atoms. The van der Waals surface area contributed by atoms with Crippen LogP contribution in [0, 0.1) is 11.8 Å². The van der Waals surface area contributed by atoms with Crippen LogP contribution in [0.2, 0.25) is 0 Å². The number of Topliss-reactive ketones (excluding diaryl/α,β-unsaturated/α-hetero) is 1. The Morgan fingerprint density at radius 1 is 1.17 bits per heavy atom. The standard InChI is InChI=1S/C16H25N3O5/c1-24-15(22)6-5-14(21)10-19-16(23)18-9-13-4-2-3-12(7-13)8-17-11-20/h12-13H,2-10H2,1H3,(H2,18,19,23). The minimum absolute atomic E-state index is 0.0192. The lowest BCUT2D eigenvalue weighted by Gasteiger charge is -2.28. The molecule has 1 aliphatic rings. The van der Waals surface area contributed by atoms with Crippen molar-refractivity contribution in [3.63, 3.8) is 0 Å². The minimum atomic E-state index is -0.446. The van der Waals surface area contributed by atoms with Crippen LogP contribution in [-0.4, -0.2) is 50.6 Å². The fraction of sp³-hybridized carbons (Fsp3) is 0.750. The molecule has 0 aromatic rings. The van der Waals surface area contributed by atoms with Gasteiger partial charge in [0.15, 0.2) is 5.78 Å². The maximum atomic E-state index is 11.7. The van der Waals surface area contributed by atoms with E-state index in [1.54, 1.807) is 6.08 Å². The average molecular weight is 339 g/mol. The minimum Gasteiger partial charge on any atom is -0.469 e. The van der Waals surface area contributed by atoms with Gasteiger partial charge in [0.25, 0.3) is 0 Å². The Bertz CT molecular complexity index is 488. The van der Waals surface area contributed by atoms with Gasteiger partial charge in [0, 0.05) is 13.0 Å². The fourth-order valence-electron chi connectivity index (χ4n) is 2.83. The van der Waals surface area contributed by atoms with Crippen LogP contribution >= 0.6 is 0 Å². The van der Waals surface area contributed by atoms with E-state index in [4.69, 9.17) is 0 Å². The summed E-state index contributed by atoms with van der Waals surface area (Å²) in [4.78, 5) is 47.9. The molecule has 2 unspecified atom stereocenters. The van der Waals surface area contributed by atoms with Crippen LogP contribution in [0.25, 0.3) is 0 Å². The number of esters is 1. The Morgan fingerprint density at radius 3 is 2.62 bits per heavy atom. The second-order valence-electron chi connectivity index (χ2n) is 6.01. The van der Waals surface area contributed by atoms with E-state index in [0.29, 0.717) is 24.9 Å². The van der Waals surface area contributed by atoms with Crippen molar-refractivity contribution in [2.75, 3.05) is 26.7 Å². The molecule has 134 valence electrons. The van der Waals surface area contributed by atoms with Gasteiger partial charge < -0.3 is 15.4 Å². The van der Waals surface area contributed by atoms with Crippen molar-refractivity contribution in [3.8, 4) is 0 Å². The predicted molar refractivity (Wildman–Crippen MR) is 86.1 cm³/mol. The van der Waals surface area contributed by atoms with Crippen molar-refractivity contribution in [2.24, 2.45) is 16.8 Å². The quantitative estimate of drug-likeness (QED) is 0.369. The number of ketones is 1. The molecule has 8 nitrogen and oxygen atoms in total. The van der Waals surface area contributed by atoms with Gasteiger partial charge in [0.2, 0.25) is 6.08 Å². The van der Waals surface area contributed by atoms with E-state index in [2.05, 4.69) is 20.4 Å². The number of urea groups is 1. The van der Waals surface area contributed by atoms with Crippen LogP contribution in [0.3, 0.4) is 0 Å². The van der Waals surface area contributed by atoms with Crippen molar-refractivity contribution in [1.29, 1.82) is 0 Å². The summed E-state index contributed by atoms with van der Waals surface area (Å²) in [7, 11) is 1.26. The van der Waals surface area contributed by atoms with Gasteiger partial charge >= 0.3 is 12.0 Å². The molecule has 24 heavy (non-hydrogen) atoms. The van der Waals surface area contributed by atoms with Gasteiger partial charge in [-0.15, -0.1) is 0 Å². The lowest BCUT2D eigenvalue weighted by Crippen LogP contribution is -2.41. The number of methoxy groups -OCH3 is 1. The van der Waals surface area contributed by atoms with Crippen LogP contribution in [0.1, 0.15) is 38.5 Å². The highest BCUT2D eigenvalue weighted by molar-refractivity contribution is 5.87. The number of amides is 2. The molecule has 2 amide bonds. The Hall–Kier alpha value is -2.21. The maximum absolute atomic E-state index is 11.7. The number of aliphatic imine (C=N–C) groups is 1. The van der Waals surface area contributed by atoms with Crippen LogP contribution in [0.15, 0.2) is 4.99 Å². The number of rotatable bonds is 9. The molecular weight excluding hydrogens is 314 g/mol. The van der Waals surface area contributed by atoms with Crippen molar-refractivity contribution in [3.05, 3.63) is 0 Å². The van der Waals surface area contributed by atoms with E-state index in [1.165, 1.54) is 7.11 Å². The topological polar surface area (TPSA) is 114 Å². The van der Waals surface area contributed by atoms with Crippen LogP contribution in [0.5, 0.6) is 0 Å². The van der Waals surface area contributed by atoms with Gasteiger partial charge in [0.1, 0.15) is 0 Å². The lowest BCUT2D eigenvalue weighted by atomic mass is 9.81. The van der Waals surface area contributed by atoms with E-state index in [0.717, 1.165) is 25.7 Å². The zero-order chi connectivity index (χ0) is 17.8. The Balaban J connectivity index is 2.17. The second kappa shape index (κ2) is 11.3. The summed E-state index contributed by atoms with van der Waals surface area (Å²) in [6.07, 6.45) is 5.68. The number of nitrogens with one attached hydrogen (secondary N) is 2. The second-order valence-corrected chi connectivity index (χ2v) is 6.01. The van der Waals surface area contributed by atoms with Crippen LogP contribution < -0.4 is 10.6 Å². The molecule has 1 saturated carbocycles. The number of nitrogens with zero attached hydrogens (tertiary/aromatic N) is 1. The number of hydrogen-bond acceptors (Lipinski definition) is 6. The van der Waals surface area contributed by atoms with Gasteiger partial charge in [0.05, 0.1) is 26.6 Å². The number of isocyanates is 1. The molecule has 0 heterocycles. The van der Waals surface area contributed by atoms with Gasteiger partial charge in [-0.3, -0.25) is 9.59 Å². The normalized spacial score (nSPS) is 19.7. The molecule has 0 aromatic carbocycles. The van der Waals surface area contributed by atoms with Crippen molar-refractivity contribution >= 4 is 23.9 Å². The van der Waals surface area contributed by atoms with Crippen molar-refractivity contribution < 1.29 is 23.9 Å². The third kappa shape index (κ3) is 8.43. The van der Waals surface area contributed by atoms with Crippen LogP contribution in [0.4, 0.5) is 4.79 Å². The maximum Gasteiger partial charge on any atom is 0.315 e. The van der Waals surface area contributed by atoms with Gasteiger partial charge in [-0.2, -0.15) is 0 Å². The molecule has 0 aliphatic heterocycles. The number of hydrogen-bond donors (Lipinski definition) is 2. The summed E-state index contributed by atoms with van der Waals surface area (Å²) in [6, 6.07) is -0.394. The average Bonchev–Trinajstić information content (AvgIpc) is 2.61. The first kappa shape index (κ1) is 19.8. The van der Waals surface area contributed by atoms with E-state index >= 15 is 0 Å². The summed E-state index contributed by atoms with van der Waals surface area (Å²) in [5.41, 5.74) is 0. The Kier molecular flexibility index (Phi) is 9.38. The zero-order valence-corrected chi connectivity index (χ0v) is 14.0. The first-order chi connectivity index (χ1) is 11.5. The summed E-state index contributed by atoms with van der Waals surface area (Å²) < 4.78 is 4.45. The largest absolute Gasteiger partial charge is 0.469 e. The third-order valence-electron chi connectivity index (χ3n) is 4.14. The molecule has 0 aromatic heterocycles. The fourth-order valence-corrected chi connectivity index (χ4v) is 2.83. The molecule has 1 fully saturated rings. The summed E-state index contributed by atoms with van der Waals surface area (Å²) in [5.74, 6) is 0.0555. The van der Waals surface area contributed by atoms with Gasteiger partial charge in [-0.25, -0.2) is 14.6 Å². The Labute approximate surface area is 141 Å². The summed E-state index contributed by atoms with van der Waals surface area (Å²) in [5, 5.41) is 5.25. The van der Waals surface area contributed by atoms with E-state index in [1.807, 2.05) is 0 Å². The molecule has 2 N–H and O–H groups in total.